The number of aromatic nitrogens is 3. The van der Waals surface area contributed by atoms with Gasteiger partial charge < -0.3 is 19.1 Å². The smallest absolute Gasteiger partial charge is 0.410 e. The van der Waals surface area contributed by atoms with Crippen LogP contribution in [0.25, 0.3) is 17.1 Å². The molecule has 0 saturated carbocycles. The number of likely N-dealkylation sites (tertiary alicyclic amines) is 1. The summed E-state index contributed by atoms with van der Waals surface area (Å²) in [5.41, 5.74) is 0.594. The Morgan fingerprint density at radius 1 is 1.00 bits per heavy atom. The minimum Gasteiger partial charge on any atom is -0.494 e. The third kappa shape index (κ3) is 5.93. The van der Waals surface area contributed by atoms with Crippen LogP contribution in [0, 0.1) is 0 Å². The molecule has 0 aliphatic carbocycles. The summed E-state index contributed by atoms with van der Waals surface area (Å²) in [5, 5.41) is 7.94. The van der Waals surface area contributed by atoms with E-state index in [1.54, 1.807) is 43.5 Å². The Labute approximate surface area is 223 Å². The molecule has 38 heavy (non-hydrogen) atoms. The van der Waals surface area contributed by atoms with E-state index in [0.29, 0.717) is 42.4 Å². The van der Waals surface area contributed by atoms with Crippen LogP contribution in [0.4, 0.5) is 4.79 Å². The maximum atomic E-state index is 13.7. The van der Waals surface area contributed by atoms with Crippen molar-refractivity contribution in [2.24, 2.45) is 0 Å². The third-order valence-corrected chi connectivity index (χ3v) is 8.32. The Kier molecular flexibility index (Phi) is 7.96. The Bertz CT molecular complexity index is 1360. The van der Waals surface area contributed by atoms with Crippen LogP contribution >= 0.6 is 0 Å². The molecular weight excluding hydrogens is 508 g/mol. The highest BCUT2D eigenvalue weighted by atomic mass is 32.2. The lowest BCUT2D eigenvalue weighted by atomic mass is 10.1. The Morgan fingerprint density at radius 2 is 1.66 bits per heavy atom. The van der Waals surface area contributed by atoms with E-state index < -0.39 is 26.8 Å². The van der Waals surface area contributed by atoms with Gasteiger partial charge in [0.25, 0.3) is 0 Å². The summed E-state index contributed by atoms with van der Waals surface area (Å²) in [6.45, 7) is 5.87. The van der Waals surface area contributed by atoms with E-state index in [2.05, 4.69) is 10.2 Å². The molecule has 1 atom stereocenters. The van der Waals surface area contributed by atoms with Gasteiger partial charge in [0.05, 0.1) is 19.5 Å². The molecule has 0 unspecified atom stereocenters. The number of benzene rings is 2. The zero-order valence-corrected chi connectivity index (χ0v) is 23.2. The van der Waals surface area contributed by atoms with Gasteiger partial charge in [-0.1, -0.05) is 36.4 Å². The molecular formula is C27H34N4O6S. The molecule has 4 rings (SSSR count). The number of amides is 1. The second-order valence-electron chi connectivity index (χ2n) is 10.2. The SMILES string of the molecule is COc1cccc(OC)c1-n1c(CS(=O)(=O)[C@H]2CCCN(C(=O)OC(C)(C)C)C2)nnc1-c1ccccc1. The lowest BCUT2D eigenvalue weighted by Crippen LogP contribution is -2.47. The average molecular weight is 543 g/mol. The van der Waals surface area contributed by atoms with E-state index in [9.17, 15) is 13.2 Å². The van der Waals surface area contributed by atoms with Crippen molar-refractivity contribution in [1.29, 1.82) is 0 Å². The summed E-state index contributed by atoms with van der Waals surface area (Å²) in [6.07, 6.45) is 0.496. The first-order chi connectivity index (χ1) is 18.0. The van der Waals surface area contributed by atoms with Crippen LogP contribution in [-0.4, -0.2) is 72.3 Å². The normalized spacial score (nSPS) is 16.2. The number of rotatable bonds is 7. The number of ether oxygens (including phenoxy) is 3. The summed E-state index contributed by atoms with van der Waals surface area (Å²) < 4.78 is 45.8. The Balaban J connectivity index is 1.73. The van der Waals surface area contributed by atoms with Crippen molar-refractivity contribution in [3.8, 4) is 28.6 Å². The number of hydrogen-bond acceptors (Lipinski definition) is 8. The minimum absolute atomic E-state index is 0.0644. The number of sulfone groups is 1. The van der Waals surface area contributed by atoms with E-state index in [1.807, 2.05) is 30.3 Å². The quantitative estimate of drug-likeness (QED) is 0.435. The van der Waals surface area contributed by atoms with Gasteiger partial charge in [-0.15, -0.1) is 10.2 Å². The largest absolute Gasteiger partial charge is 0.494 e. The highest BCUT2D eigenvalue weighted by Crippen LogP contribution is 2.37. The van der Waals surface area contributed by atoms with Gasteiger partial charge in [-0.25, -0.2) is 13.2 Å². The second kappa shape index (κ2) is 11.0. The number of methoxy groups -OCH3 is 2. The number of nitrogens with zero attached hydrogens (tertiary/aromatic N) is 4. The third-order valence-electron chi connectivity index (χ3n) is 6.26. The zero-order chi connectivity index (χ0) is 27.5. The van der Waals surface area contributed by atoms with Crippen LogP contribution in [0.1, 0.15) is 39.4 Å². The molecule has 0 radical (unpaired) electrons. The van der Waals surface area contributed by atoms with Gasteiger partial charge in [0, 0.05) is 18.7 Å². The molecule has 2 aromatic carbocycles. The van der Waals surface area contributed by atoms with Gasteiger partial charge in [0.1, 0.15) is 28.5 Å². The molecule has 11 heteroatoms. The highest BCUT2D eigenvalue weighted by molar-refractivity contribution is 7.91. The number of carbonyl (C=O) groups is 1. The molecule has 1 aromatic heterocycles. The molecule has 1 aliphatic rings. The predicted octanol–water partition coefficient (Wildman–Crippen LogP) is 4.27. The van der Waals surface area contributed by atoms with Crippen molar-refractivity contribution in [2.75, 3.05) is 27.3 Å². The fourth-order valence-corrected chi connectivity index (χ4v) is 6.21. The number of carbonyl (C=O) groups excluding carboxylic acids is 1. The molecule has 1 aliphatic heterocycles. The minimum atomic E-state index is -3.74. The fourth-order valence-electron chi connectivity index (χ4n) is 4.49. The van der Waals surface area contributed by atoms with Gasteiger partial charge in [-0.2, -0.15) is 0 Å². The summed E-state index contributed by atoms with van der Waals surface area (Å²) in [5.74, 6) is 1.27. The van der Waals surface area contributed by atoms with Crippen LogP contribution in [0.15, 0.2) is 48.5 Å². The number of piperidine rings is 1. The molecule has 204 valence electrons. The monoisotopic (exact) mass is 542 g/mol. The highest BCUT2D eigenvalue weighted by Gasteiger charge is 2.36. The van der Waals surface area contributed by atoms with Crippen LogP contribution in [-0.2, 0) is 20.3 Å². The molecule has 1 amide bonds. The summed E-state index contributed by atoms with van der Waals surface area (Å²) in [6, 6.07) is 14.7. The number of para-hydroxylation sites is 1. The van der Waals surface area contributed by atoms with Crippen LogP contribution in [0.2, 0.25) is 0 Å². The van der Waals surface area contributed by atoms with Crippen LogP contribution in [0.5, 0.6) is 11.5 Å². The molecule has 1 saturated heterocycles. The summed E-state index contributed by atoms with van der Waals surface area (Å²) in [4.78, 5) is 14.1. The van der Waals surface area contributed by atoms with Gasteiger partial charge >= 0.3 is 6.09 Å². The van der Waals surface area contributed by atoms with Crippen molar-refractivity contribution in [3.63, 3.8) is 0 Å². The van der Waals surface area contributed by atoms with Crippen LogP contribution < -0.4 is 9.47 Å². The van der Waals surface area contributed by atoms with Gasteiger partial charge in [0.2, 0.25) is 0 Å². The van der Waals surface area contributed by atoms with Gasteiger partial charge in [-0.3, -0.25) is 4.57 Å². The maximum Gasteiger partial charge on any atom is 0.410 e. The molecule has 0 spiro atoms. The first kappa shape index (κ1) is 27.4. The number of hydrogen-bond donors (Lipinski definition) is 0. The molecule has 2 heterocycles. The Hall–Kier alpha value is -3.60. The van der Waals surface area contributed by atoms with Crippen molar-refractivity contribution in [3.05, 3.63) is 54.4 Å². The van der Waals surface area contributed by atoms with Crippen molar-refractivity contribution in [1.82, 2.24) is 19.7 Å². The van der Waals surface area contributed by atoms with E-state index in [-0.39, 0.29) is 18.1 Å². The van der Waals surface area contributed by atoms with Crippen molar-refractivity contribution < 1.29 is 27.4 Å². The van der Waals surface area contributed by atoms with E-state index in [1.165, 1.54) is 19.1 Å². The fraction of sp³-hybridized carbons (Fsp3) is 0.444. The summed E-state index contributed by atoms with van der Waals surface area (Å²) in [7, 11) is -0.667. The van der Waals surface area contributed by atoms with Gasteiger partial charge in [-0.05, 0) is 45.7 Å². The van der Waals surface area contributed by atoms with E-state index in [0.717, 1.165) is 5.56 Å². The lowest BCUT2D eigenvalue weighted by Gasteiger charge is -2.33. The van der Waals surface area contributed by atoms with Crippen molar-refractivity contribution >= 4 is 15.9 Å². The standard InChI is InChI=1S/C27H34N4O6S/c1-27(2,3)37-26(32)30-16-10-13-20(17-30)38(33,34)18-23-28-29-25(19-11-7-6-8-12-19)31(23)24-21(35-4)14-9-15-22(24)36-5/h6-9,11-12,14-15,20H,10,13,16-18H2,1-5H3/t20-/m0/s1. The maximum absolute atomic E-state index is 13.7. The van der Waals surface area contributed by atoms with Crippen molar-refractivity contribution in [2.45, 2.75) is 50.2 Å². The molecule has 0 N–H and O–H groups in total. The first-order valence-electron chi connectivity index (χ1n) is 12.4. The molecule has 1 fully saturated rings. The first-order valence-corrected chi connectivity index (χ1v) is 14.2. The zero-order valence-electron chi connectivity index (χ0n) is 22.4. The van der Waals surface area contributed by atoms with E-state index in [4.69, 9.17) is 14.2 Å². The van der Waals surface area contributed by atoms with E-state index >= 15 is 0 Å². The van der Waals surface area contributed by atoms with Gasteiger partial charge in [0.15, 0.2) is 21.5 Å². The molecule has 3 aromatic rings. The molecule has 0 bridgehead atoms. The summed E-state index contributed by atoms with van der Waals surface area (Å²) >= 11 is 0. The van der Waals surface area contributed by atoms with Crippen LogP contribution in [0.3, 0.4) is 0 Å². The topological polar surface area (TPSA) is 113 Å². The second-order valence-corrected chi connectivity index (χ2v) is 12.4. The predicted molar refractivity (Wildman–Crippen MR) is 143 cm³/mol. The average Bonchev–Trinajstić information content (AvgIpc) is 3.29. The molecule has 10 nitrogen and oxygen atoms in total. The lowest BCUT2D eigenvalue weighted by molar-refractivity contribution is 0.0219. The Morgan fingerprint density at radius 3 is 2.26 bits per heavy atom.